The Labute approximate surface area is 223 Å². The van der Waals surface area contributed by atoms with Gasteiger partial charge in [0.2, 0.25) is 0 Å². The third-order valence-electron chi connectivity index (χ3n) is 7.79. The number of fused-ring (bicyclic) bond motifs is 1. The number of hydrogen-bond acceptors (Lipinski definition) is 6. The van der Waals surface area contributed by atoms with E-state index in [1.165, 1.54) is 0 Å². The van der Waals surface area contributed by atoms with E-state index in [0.717, 1.165) is 41.7 Å². The number of aromatic nitrogens is 5. The lowest BCUT2D eigenvalue weighted by molar-refractivity contribution is 0.0245. The fourth-order valence-corrected chi connectivity index (χ4v) is 8.67. The second-order valence-corrected chi connectivity index (χ2v) is 15.0. The molecule has 1 fully saturated rings. The highest BCUT2D eigenvalue weighted by molar-refractivity contribution is 6.71. The fourth-order valence-electron chi connectivity index (χ4n) is 6.02. The van der Waals surface area contributed by atoms with Crippen LogP contribution in [0.25, 0.3) is 16.6 Å². The molecule has 0 spiro atoms. The van der Waals surface area contributed by atoms with E-state index in [4.69, 9.17) is 9.84 Å². The van der Waals surface area contributed by atoms with Crippen LogP contribution in [-0.4, -0.2) is 61.8 Å². The molecule has 2 aromatic heterocycles. The quantitative estimate of drug-likeness (QED) is 0.268. The number of H-pyrrole nitrogens is 1. The van der Waals surface area contributed by atoms with Crippen LogP contribution in [0.2, 0.25) is 18.6 Å². The Morgan fingerprint density at radius 1 is 1.08 bits per heavy atom. The molecule has 38 heavy (non-hydrogen) atoms. The maximum Gasteiger partial charge on any atom is 0.279 e. The number of ether oxygens (including phenoxy) is 1. The molecule has 0 bridgehead atoms. The van der Waals surface area contributed by atoms with Crippen LogP contribution in [0.4, 0.5) is 0 Å². The first kappa shape index (κ1) is 26.5. The lowest BCUT2D eigenvalue weighted by atomic mass is 9.95. The van der Waals surface area contributed by atoms with E-state index < -0.39 is 8.32 Å². The third kappa shape index (κ3) is 5.53. The molecule has 0 saturated carbocycles. The summed E-state index contributed by atoms with van der Waals surface area (Å²) in [6, 6.07) is 15.6. The molecule has 1 aliphatic heterocycles. The van der Waals surface area contributed by atoms with Gasteiger partial charge in [0.05, 0.1) is 34.5 Å². The predicted octanol–water partition coefficient (Wildman–Crippen LogP) is 3.44. The summed E-state index contributed by atoms with van der Waals surface area (Å²) in [6.07, 6.45) is 4.78. The van der Waals surface area contributed by atoms with Gasteiger partial charge in [-0.2, -0.15) is 0 Å². The number of aromatic amines is 1. The summed E-state index contributed by atoms with van der Waals surface area (Å²) in [5, 5.41) is 21.3. The highest BCUT2D eigenvalue weighted by Crippen LogP contribution is 2.45. The van der Waals surface area contributed by atoms with Crippen LogP contribution >= 0.6 is 0 Å². The maximum absolute atomic E-state index is 12.9. The van der Waals surface area contributed by atoms with Crippen molar-refractivity contribution in [1.29, 1.82) is 0 Å². The van der Waals surface area contributed by atoms with Gasteiger partial charge >= 0.3 is 0 Å². The molecule has 10 heteroatoms. The van der Waals surface area contributed by atoms with Gasteiger partial charge in [0.25, 0.3) is 5.56 Å². The summed E-state index contributed by atoms with van der Waals surface area (Å²) in [5.74, 6) is 0.242. The van der Waals surface area contributed by atoms with Crippen molar-refractivity contribution in [3.63, 3.8) is 0 Å². The van der Waals surface area contributed by atoms with Crippen molar-refractivity contribution < 1.29 is 14.6 Å². The van der Waals surface area contributed by atoms with Crippen molar-refractivity contribution in [3.8, 4) is 5.69 Å². The average Bonchev–Trinajstić information content (AvgIpc) is 3.57. The van der Waals surface area contributed by atoms with Crippen molar-refractivity contribution in [1.82, 2.24) is 24.8 Å². The standard InChI is InChI=1S/C28H37N5O4Si/c1-19-25(37-26(27(19)38(2,3)36)13-15-32-18-21(14-16-34)29-31-32)12-11-20-7-6-8-22(17-20)33-28(35)23-9-4-5-10-24(23)30-33/h4-10,17-19,25-27,30,34,36H,11-16H2,1-3H3/t19-,25+,26-,27+/m1/s1. The summed E-state index contributed by atoms with van der Waals surface area (Å²) >= 11 is 0. The molecule has 5 rings (SSSR count). The lowest BCUT2D eigenvalue weighted by Gasteiger charge is -2.30. The average molecular weight is 536 g/mol. The zero-order valence-corrected chi connectivity index (χ0v) is 23.2. The van der Waals surface area contributed by atoms with Crippen molar-refractivity contribution in [2.75, 3.05) is 6.61 Å². The van der Waals surface area contributed by atoms with Crippen LogP contribution in [0.15, 0.2) is 59.5 Å². The van der Waals surface area contributed by atoms with E-state index >= 15 is 0 Å². The van der Waals surface area contributed by atoms with E-state index in [1.54, 1.807) is 9.36 Å². The molecule has 0 radical (unpaired) electrons. The molecule has 4 atom stereocenters. The van der Waals surface area contributed by atoms with Crippen LogP contribution in [-0.2, 0) is 24.1 Å². The molecular formula is C28H37N5O4Si. The van der Waals surface area contributed by atoms with Gasteiger partial charge in [-0.25, -0.2) is 4.68 Å². The van der Waals surface area contributed by atoms with E-state index in [9.17, 15) is 9.59 Å². The van der Waals surface area contributed by atoms with E-state index in [-0.39, 0.29) is 35.8 Å². The first-order valence-corrected chi connectivity index (χ1v) is 16.4. The van der Waals surface area contributed by atoms with Gasteiger partial charge < -0.3 is 14.6 Å². The maximum atomic E-state index is 12.9. The molecule has 1 saturated heterocycles. The second-order valence-electron chi connectivity index (χ2n) is 11.0. The third-order valence-corrected chi connectivity index (χ3v) is 10.3. The van der Waals surface area contributed by atoms with Crippen molar-refractivity contribution in [2.24, 2.45) is 5.92 Å². The normalized spacial score (nSPS) is 21.9. The van der Waals surface area contributed by atoms with Gasteiger partial charge in [0.1, 0.15) is 0 Å². The minimum Gasteiger partial charge on any atom is -0.432 e. The predicted molar refractivity (Wildman–Crippen MR) is 149 cm³/mol. The first-order valence-electron chi connectivity index (χ1n) is 13.4. The Morgan fingerprint density at radius 2 is 1.89 bits per heavy atom. The summed E-state index contributed by atoms with van der Waals surface area (Å²) in [4.78, 5) is 24.0. The Bertz CT molecular complexity index is 1440. The number of aliphatic hydroxyl groups is 1. The number of aryl methyl sites for hydroxylation is 2. The molecule has 0 aliphatic carbocycles. The van der Waals surface area contributed by atoms with Gasteiger partial charge in [-0.3, -0.25) is 14.6 Å². The van der Waals surface area contributed by atoms with Crippen LogP contribution < -0.4 is 5.56 Å². The number of aliphatic hydroxyl groups excluding tert-OH is 1. The van der Waals surface area contributed by atoms with Gasteiger partial charge in [-0.1, -0.05) is 36.4 Å². The number of nitrogens with one attached hydrogen (secondary N) is 1. The largest absolute Gasteiger partial charge is 0.432 e. The number of hydrogen-bond donors (Lipinski definition) is 3. The molecule has 4 aromatic rings. The fraction of sp³-hybridized carbons (Fsp3) is 0.464. The molecule has 3 heterocycles. The monoisotopic (exact) mass is 535 g/mol. The van der Waals surface area contributed by atoms with E-state index in [1.807, 2.05) is 55.7 Å². The second kappa shape index (κ2) is 11.0. The van der Waals surface area contributed by atoms with Crippen molar-refractivity contribution >= 4 is 19.2 Å². The van der Waals surface area contributed by atoms with Crippen LogP contribution in [0.5, 0.6) is 0 Å². The molecule has 3 N–H and O–H groups in total. The zero-order chi connectivity index (χ0) is 26.9. The van der Waals surface area contributed by atoms with Gasteiger partial charge in [0.15, 0.2) is 8.32 Å². The molecule has 2 aromatic carbocycles. The molecule has 9 nitrogen and oxygen atoms in total. The Balaban J connectivity index is 1.27. The molecular weight excluding hydrogens is 498 g/mol. The number of nitrogens with zero attached hydrogens (tertiary/aromatic N) is 4. The molecule has 0 amide bonds. The smallest absolute Gasteiger partial charge is 0.279 e. The Morgan fingerprint density at radius 3 is 2.66 bits per heavy atom. The molecule has 0 unspecified atom stereocenters. The van der Waals surface area contributed by atoms with Crippen LogP contribution in [0, 0.1) is 5.92 Å². The number of para-hydroxylation sites is 1. The topological polar surface area (TPSA) is 118 Å². The summed E-state index contributed by atoms with van der Waals surface area (Å²) in [6.45, 7) is 6.92. The van der Waals surface area contributed by atoms with Crippen molar-refractivity contribution in [2.45, 2.75) is 70.0 Å². The molecule has 202 valence electrons. The van der Waals surface area contributed by atoms with Gasteiger partial charge in [-0.15, -0.1) is 5.10 Å². The lowest BCUT2D eigenvalue weighted by Crippen LogP contribution is -2.40. The zero-order valence-electron chi connectivity index (χ0n) is 22.2. The summed E-state index contributed by atoms with van der Waals surface area (Å²) < 4.78 is 10.00. The van der Waals surface area contributed by atoms with Gasteiger partial charge in [0, 0.05) is 31.3 Å². The van der Waals surface area contributed by atoms with E-state index in [0.29, 0.717) is 18.4 Å². The first-order chi connectivity index (χ1) is 18.2. The minimum atomic E-state index is -2.47. The van der Waals surface area contributed by atoms with Crippen LogP contribution in [0.3, 0.4) is 0 Å². The highest BCUT2D eigenvalue weighted by atomic mass is 28.4. The summed E-state index contributed by atoms with van der Waals surface area (Å²) in [7, 11) is -2.47. The van der Waals surface area contributed by atoms with E-state index in [2.05, 4.69) is 34.5 Å². The highest BCUT2D eigenvalue weighted by Gasteiger charge is 2.49. The number of benzene rings is 2. The van der Waals surface area contributed by atoms with Gasteiger partial charge in [-0.05, 0) is 68.1 Å². The van der Waals surface area contributed by atoms with Crippen LogP contribution in [0.1, 0.15) is 31.0 Å². The minimum absolute atomic E-state index is 0.0385. The Kier molecular flexibility index (Phi) is 7.67. The van der Waals surface area contributed by atoms with Crippen molar-refractivity contribution in [3.05, 3.63) is 76.3 Å². The SMILES string of the molecule is C[C@H]1[C@H]([Si](C)(C)O)[C@@H](CCn2cc(CCO)nn2)O[C@H]1CCc1cccc(-n2[nH]c3ccccc3c2=O)c1. The summed E-state index contributed by atoms with van der Waals surface area (Å²) in [5.41, 5.74) is 3.63. The molecule has 1 aliphatic rings. The number of rotatable bonds is 10. The Hall–Kier alpha value is -3.05.